The number of ketones is 1. The van der Waals surface area contributed by atoms with Gasteiger partial charge < -0.3 is 25.0 Å². The number of carbonyl (C=O) groups is 3. The number of carbonyl (C=O) groups excluding carboxylic acids is 3. The summed E-state index contributed by atoms with van der Waals surface area (Å²) < 4.78 is 10.9. The fourth-order valence-electron chi connectivity index (χ4n) is 3.31. The molecule has 8 heteroatoms. The highest BCUT2D eigenvalue weighted by Crippen LogP contribution is 2.31. The lowest BCUT2D eigenvalue weighted by molar-refractivity contribution is -0.248. The van der Waals surface area contributed by atoms with Crippen molar-refractivity contribution in [2.75, 3.05) is 6.61 Å². The Balaban J connectivity index is 3.10. The minimum Gasteiger partial charge on any atom is -0.459 e. The molecule has 1 fully saturated rings. The molecule has 0 aromatic carbocycles. The molecule has 1 aliphatic heterocycles. The smallest absolute Gasteiger partial charge is 0.306 e. The molecule has 5 atom stereocenters. The van der Waals surface area contributed by atoms with E-state index in [0.29, 0.717) is 25.7 Å². The van der Waals surface area contributed by atoms with E-state index in [1.165, 1.54) is 0 Å². The molecule has 27 heavy (non-hydrogen) atoms. The zero-order valence-corrected chi connectivity index (χ0v) is 16.5. The van der Waals surface area contributed by atoms with Crippen LogP contribution in [0.5, 0.6) is 0 Å². The van der Waals surface area contributed by atoms with E-state index in [-0.39, 0.29) is 31.0 Å². The van der Waals surface area contributed by atoms with Gasteiger partial charge in [-0.25, -0.2) is 0 Å². The van der Waals surface area contributed by atoms with E-state index >= 15 is 0 Å². The molecule has 1 saturated heterocycles. The third kappa shape index (κ3) is 7.20. The summed E-state index contributed by atoms with van der Waals surface area (Å²) in [5.41, 5.74) is 0. The molecule has 0 spiro atoms. The molecule has 1 aliphatic rings. The van der Waals surface area contributed by atoms with Crippen molar-refractivity contribution in [1.82, 2.24) is 5.32 Å². The van der Waals surface area contributed by atoms with Gasteiger partial charge in [0.15, 0.2) is 6.29 Å². The zero-order chi connectivity index (χ0) is 20.4. The Morgan fingerprint density at radius 2 is 1.67 bits per heavy atom. The van der Waals surface area contributed by atoms with Crippen molar-refractivity contribution in [1.29, 1.82) is 0 Å². The number of Topliss-reactive ketones (excluding diaryl/α,β-unsaturated/α-hetero) is 1. The number of rotatable bonds is 11. The first-order chi connectivity index (χ1) is 12.9. The molecule has 0 saturated carbocycles. The second-order valence-corrected chi connectivity index (χ2v) is 6.95. The molecule has 3 N–H and O–H groups in total. The van der Waals surface area contributed by atoms with Crippen molar-refractivity contribution in [2.45, 2.75) is 90.3 Å². The third-order valence-electron chi connectivity index (χ3n) is 4.57. The van der Waals surface area contributed by atoms with Crippen molar-refractivity contribution in [3.05, 3.63) is 0 Å². The Kier molecular flexibility index (Phi) is 10.5. The summed E-state index contributed by atoms with van der Waals surface area (Å²) in [7, 11) is 0. The number of amides is 1. The molecule has 0 bridgehead atoms. The molecular formula is C19H33NO7. The Labute approximate surface area is 160 Å². The molecule has 1 amide bonds. The molecule has 0 aromatic heterocycles. The summed E-state index contributed by atoms with van der Waals surface area (Å²) in [6.07, 6.45) is -0.566. The summed E-state index contributed by atoms with van der Waals surface area (Å²) in [5.74, 6) is -1.47. The fourth-order valence-corrected chi connectivity index (χ4v) is 3.31. The molecule has 8 nitrogen and oxygen atoms in total. The maximum Gasteiger partial charge on any atom is 0.306 e. The lowest BCUT2D eigenvalue weighted by Crippen LogP contribution is -2.62. The van der Waals surface area contributed by atoms with Crippen molar-refractivity contribution >= 4 is 17.7 Å². The van der Waals surface area contributed by atoms with Gasteiger partial charge in [-0.05, 0) is 19.3 Å². The Hall–Kier alpha value is -1.51. The van der Waals surface area contributed by atoms with E-state index in [9.17, 15) is 24.6 Å². The molecule has 0 aliphatic carbocycles. The van der Waals surface area contributed by atoms with Crippen LogP contribution in [0.25, 0.3) is 0 Å². The van der Waals surface area contributed by atoms with Crippen LogP contribution in [-0.2, 0) is 23.9 Å². The van der Waals surface area contributed by atoms with Crippen LogP contribution in [0.2, 0.25) is 0 Å². The second kappa shape index (κ2) is 12.0. The Morgan fingerprint density at radius 3 is 2.22 bits per heavy atom. The van der Waals surface area contributed by atoms with Gasteiger partial charge >= 0.3 is 5.97 Å². The van der Waals surface area contributed by atoms with Gasteiger partial charge in [0.05, 0.1) is 12.6 Å². The highest BCUT2D eigenvalue weighted by Gasteiger charge is 2.48. The van der Waals surface area contributed by atoms with Gasteiger partial charge in [-0.1, -0.05) is 20.8 Å². The quantitative estimate of drug-likeness (QED) is 0.453. The average Bonchev–Trinajstić information content (AvgIpc) is 2.60. The van der Waals surface area contributed by atoms with Gasteiger partial charge in [0.1, 0.15) is 18.0 Å². The summed E-state index contributed by atoms with van der Waals surface area (Å²) >= 11 is 0. The highest BCUT2D eigenvalue weighted by atomic mass is 16.6. The summed E-state index contributed by atoms with van der Waals surface area (Å²) in [5, 5.41) is 22.7. The molecule has 0 radical (unpaired) electrons. The van der Waals surface area contributed by atoms with E-state index in [2.05, 4.69) is 5.32 Å². The predicted octanol–water partition coefficient (Wildman–Crippen LogP) is 1.07. The number of aliphatic hydroxyl groups is 2. The maximum atomic E-state index is 12.3. The molecular weight excluding hydrogens is 354 g/mol. The van der Waals surface area contributed by atoms with Crippen LogP contribution >= 0.6 is 0 Å². The lowest BCUT2D eigenvalue weighted by Gasteiger charge is -2.44. The SMILES string of the molecule is CCCC(=O)C[C@H]1[C@H](OC(=O)CCC)[C@@H](CO)OC(O)[C@@H]1NC(=O)CCC. The van der Waals surface area contributed by atoms with Gasteiger partial charge in [0.25, 0.3) is 0 Å². The Morgan fingerprint density at radius 1 is 1.04 bits per heavy atom. The normalized spacial score (nSPS) is 27.8. The zero-order valence-electron chi connectivity index (χ0n) is 16.5. The van der Waals surface area contributed by atoms with Crippen LogP contribution in [0.3, 0.4) is 0 Å². The average molecular weight is 387 g/mol. The summed E-state index contributed by atoms with van der Waals surface area (Å²) in [6.45, 7) is 5.09. The number of aliphatic hydroxyl groups excluding tert-OH is 2. The topological polar surface area (TPSA) is 122 Å². The minimum atomic E-state index is -1.40. The van der Waals surface area contributed by atoms with Gasteiger partial charge in [-0.15, -0.1) is 0 Å². The number of hydrogen-bond acceptors (Lipinski definition) is 7. The van der Waals surface area contributed by atoms with Crippen molar-refractivity contribution in [2.24, 2.45) is 5.92 Å². The first-order valence-corrected chi connectivity index (χ1v) is 9.82. The molecule has 1 rings (SSSR count). The van der Waals surface area contributed by atoms with Crippen LogP contribution in [0.4, 0.5) is 0 Å². The van der Waals surface area contributed by atoms with Crippen LogP contribution in [0.1, 0.15) is 65.7 Å². The maximum absolute atomic E-state index is 12.3. The molecule has 156 valence electrons. The van der Waals surface area contributed by atoms with Crippen molar-refractivity contribution in [3.8, 4) is 0 Å². The highest BCUT2D eigenvalue weighted by molar-refractivity contribution is 5.79. The van der Waals surface area contributed by atoms with Gasteiger partial charge in [0, 0.05) is 31.6 Å². The second-order valence-electron chi connectivity index (χ2n) is 6.95. The predicted molar refractivity (Wildman–Crippen MR) is 97.6 cm³/mol. The van der Waals surface area contributed by atoms with Crippen LogP contribution in [0.15, 0.2) is 0 Å². The number of hydrogen-bond donors (Lipinski definition) is 3. The van der Waals surface area contributed by atoms with E-state index in [1.54, 1.807) is 0 Å². The van der Waals surface area contributed by atoms with E-state index in [4.69, 9.17) is 9.47 Å². The third-order valence-corrected chi connectivity index (χ3v) is 4.57. The van der Waals surface area contributed by atoms with E-state index in [0.717, 1.165) is 0 Å². The van der Waals surface area contributed by atoms with Gasteiger partial charge in [0.2, 0.25) is 5.91 Å². The van der Waals surface area contributed by atoms with E-state index < -0.39 is 43.0 Å². The van der Waals surface area contributed by atoms with Crippen molar-refractivity contribution < 1.29 is 34.1 Å². The largest absolute Gasteiger partial charge is 0.459 e. The first kappa shape index (κ1) is 23.5. The van der Waals surface area contributed by atoms with Crippen LogP contribution in [0, 0.1) is 5.92 Å². The number of ether oxygens (including phenoxy) is 2. The first-order valence-electron chi connectivity index (χ1n) is 9.82. The number of nitrogens with one attached hydrogen (secondary N) is 1. The summed E-state index contributed by atoms with van der Waals surface area (Å²) in [4.78, 5) is 36.4. The summed E-state index contributed by atoms with van der Waals surface area (Å²) in [6, 6.07) is -0.896. The lowest BCUT2D eigenvalue weighted by atomic mass is 9.82. The van der Waals surface area contributed by atoms with Crippen LogP contribution < -0.4 is 5.32 Å². The van der Waals surface area contributed by atoms with Crippen molar-refractivity contribution in [3.63, 3.8) is 0 Å². The minimum absolute atomic E-state index is 0.0197. The molecule has 0 aromatic rings. The fraction of sp³-hybridized carbons (Fsp3) is 0.842. The molecule has 1 unspecified atom stereocenters. The van der Waals surface area contributed by atoms with Gasteiger partial charge in [-0.3, -0.25) is 14.4 Å². The standard InChI is InChI=1S/C19H33NO7/c1-4-7-12(22)10-13-17(20-15(23)8-5-2)19(25)26-14(11-21)18(13)27-16(24)9-6-3/h13-14,17-19,21,25H,4-11H2,1-3H3,(H,20,23)/t13-,14-,17-,18+,19?/m1/s1. The van der Waals surface area contributed by atoms with Crippen LogP contribution in [-0.4, -0.2) is 59.0 Å². The number of esters is 1. The molecule has 1 heterocycles. The van der Waals surface area contributed by atoms with E-state index in [1.807, 2.05) is 20.8 Å². The monoisotopic (exact) mass is 387 g/mol. The Bertz CT molecular complexity index is 496. The van der Waals surface area contributed by atoms with Gasteiger partial charge in [-0.2, -0.15) is 0 Å².